The molecule has 30 heavy (non-hydrogen) atoms. The third kappa shape index (κ3) is 5.40. The number of benzene rings is 1. The lowest BCUT2D eigenvalue weighted by Crippen LogP contribution is -2.44. The third-order valence-corrected chi connectivity index (χ3v) is 7.93. The second-order valence-corrected chi connectivity index (χ2v) is 11.6. The van der Waals surface area contributed by atoms with E-state index in [2.05, 4.69) is 10.2 Å². The molecule has 2 heterocycles. The molecular formula is C18H23Cl2N5O3S2. The van der Waals surface area contributed by atoms with Crippen LogP contribution in [0.3, 0.4) is 0 Å². The van der Waals surface area contributed by atoms with Crippen LogP contribution in [0.4, 0.5) is 0 Å². The summed E-state index contributed by atoms with van der Waals surface area (Å²) in [5.41, 5.74) is 0.537. The molecule has 0 bridgehead atoms. The molecule has 0 aliphatic carbocycles. The molecule has 1 saturated heterocycles. The molecule has 1 aromatic heterocycles. The second kappa shape index (κ2) is 9.33. The third-order valence-electron chi connectivity index (χ3n) is 4.69. The summed E-state index contributed by atoms with van der Waals surface area (Å²) in [5, 5.41) is 9.39. The van der Waals surface area contributed by atoms with Crippen molar-refractivity contribution in [2.75, 3.05) is 29.6 Å². The van der Waals surface area contributed by atoms with Crippen molar-refractivity contribution in [3.8, 4) is 11.4 Å². The van der Waals surface area contributed by atoms with Crippen LogP contribution >= 0.6 is 35.0 Å². The van der Waals surface area contributed by atoms with E-state index in [1.54, 1.807) is 23.1 Å². The van der Waals surface area contributed by atoms with Crippen LogP contribution in [-0.4, -0.2) is 63.9 Å². The minimum Gasteiger partial charge on any atom is -0.338 e. The van der Waals surface area contributed by atoms with E-state index in [4.69, 9.17) is 29.0 Å². The number of amides is 1. The van der Waals surface area contributed by atoms with Crippen LogP contribution in [0.15, 0.2) is 23.4 Å². The monoisotopic (exact) mass is 491 g/mol. The van der Waals surface area contributed by atoms with Crippen LogP contribution in [0.25, 0.3) is 11.4 Å². The predicted octanol–water partition coefficient (Wildman–Crippen LogP) is 2.73. The number of nitrogen functional groups attached to an aromatic ring is 1. The van der Waals surface area contributed by atoms with Gasteiger partial charge in [0.15, 0.2) is 15.7 Å². The summed E-state index contributed by atoms with van der Waals surface area (Å²) in [6.45, 7) is 4.49. The Morgan fingerprint density at radius 3 is 2.73 bits per heavy atom. The van der Waals surface area contributed by atoms with Gasteiger partial charge in [0.2, 0.25) is 11.1 Å². The summed E-state index contributed by atoms with van der Waals surface area (Å²) in [6.07, 6.45) is 0.468. The molecule has 0 unspecified atom stereocenters. The first-order valence-electron chi connectivity index (χ1n) is 9.36. The molecular weight excluding hydrogens is 469 g/mol. The Hall–Kier alpha value is -1.49. The summed E-state index contributed by atoms with van der Waals surface area (Å²) in [7, 11) is -3.09. The number of sulfone groups is 1. The molecule has 2 N–H and O–H groups in total. The molecule has 0 saturated carbocycles. The molecule has 0 radical (unpaired) electrons. The van der Waals surface area contributed by atoms with Gasteiger partial charge in [-0.05, 0) is 30.5 Å². The fourth-order valence-corrected chi connectivity index (χ4v) is 6.15. The first-order chi connectivity index (χ1) is 14.1. The van der Waals surface area contributed by atoms with Gasteiger partial charge in [-0.1, -0.05) is 48.8 Å². The van der Waals surface area contributed by atoms with Gasteiger partial charge in [0.1, 0.15) is 0 Å². The molecule has 1 atom stereocenters. The zero-order chi connectivity index (χ0) is 22.1. The maximum atomic E-state index is 12.9. The standard InChI is InChI=1S/C18H23Cl2N5O3S2/c1-11(2)8-24(13-5-6-30(27,28)10-13)16(26)9-29-18-23-22-17(25(18)21)14-7-12(19)3-4-15(14)20/h3-4,7,11,13H,5-6,8-10,21H2,1-2H3/t13-/m1/s1. The lowest BCUT2D eigenvalue weighted by atomic mass is 10.1. The number of aromatic nitrogens is 3. The fraction of sp³-hybridized carbons (Fsp3) is 0.500. The van der Waals surface area contributed by atoms with Crippen LogP contribution < -0.4 is 5.84 Å². The quantitative estimate of drug-likeness (QED) is 0.467. The first-order valence-corrected chi connectivity index (χ1v) is 12.9. The Balaban J connectivity index is 1.73. The molecule has 12 heteroatoms. The van der Waals surface area contributed by atoms with Gasteiger partial charge in [0.05, 0.1) is 22.3 Å². The molecule has 3 rings (SSSR count). The summed E-state index contributed by atoms with van der Waals surface area (Å²) < 4.78 is 25.0. The topological polar surface area (TPSA) is 111 Å². The smallest absolute Gasteiger partial charge is 0.233 e. The van der Waals surface area contributed by atoms with E-state index in [-0.39, 0.29) is 35.1 Å². The van der Waals surface area contributed by atoms with Crippen molar-refractivity contribution >= 4 is 50.7 Å². The van der Waals surface area contributed by atoms with E-state index in [1.807, 2.05) is 13.8 Å². The number of nitrogens with zero attached hydrogens (tertiary/aromatic N) is 4. The van der Waals surface area contributed by atoms with Crippen LogP contribution in [0.5, 0.6) is 0 Å². The van der Waals surface area contributed by atoms with Crippen molar-refractivity contribution in [2.45, 2.75) is 31.5 Å². The van der Waals surface area contributed by atoms with Crippen LogP contribution in [-0.2, 0) is 14.6 Å². The van der Waals surface area contributed by atoms with Gasteiger partial charge in [-0.2, -0.15) is 0 Å². The van der Waals surface area contributed by atoms with Crippen molar-refractivity contribution in [2.24, 2.45) is 5.92 Å². The maximum absolute atomic E-state index is 12.9. The van der Waals surface area contributed by atoms with Crippen LogP contribution in [0, 0.1) is 5.92 Å². The molecule has 0 spiro atoms. The summed E-state index contributed by atoms with van der Waals surface area (Å²) >= 11 is 13.4. The van der Waals surface area contributed by atoms with Gasteiger partial charge in [0.25, 0.3) is 0 Å². The molecule has 1 amide bonds. The summed E-state index contributed by atoms with van der Waals surface area (Å²) in [4.78, 5) is 14.6. The van der Waals surface area contributed by atoms with Crippen molar-refractivity contribution in [3.05, 3.63) is 28.2 Å². The highest BCUT2D eigenvalue weighted by Crippen LogP contribution is 2.30. The Morgan fingerprint density at radius 2 is 2.10 bits per heavy atom. The van der Waals surface area contributed by atoms with E-state index in [9.17, 15) is 13.2 Å². The molecule has 1 aliphatic rings. The normalized spacial score (nSPS) is 18.1. The number of nitrogens with two attached hydrogens (primary N) is 1. The Kier molecular flexibility index (Phi) is 7.21. The largest absolute Gasteiger partial charge is 0.338 e. The van der Waals surface area contributed by atoms with Crippen LogP contribution in [0.2, 0.25) is 10.0 Å². The van der Waals surface area contributed by atoms with Crippen LogP contribution in [0.1, 0.15) is 20.3 Å². The predicted molar refractivity (Wildman–Crippen MR) is 120 cm³/mol. The number of thioether (sulfide) groups is 1. The lowest BCUT2D eigenvalue weighted by molar-refractivity contribution is -0.130. The van der Waals surface area contributed by atoms with Gasteiger partial charge in [0, 0.05) is 23.2 Å². The SMILES string of the molecule is CC(C)CN(C(=O)CSc1nnc(-c2cc(Cl)ccc2Cl)n1N)[C@@H]1CCS(=O)(=O)C1. The highest BCUT2D eigenvalue weighted by atomic mass is 35.5. The Morgan fingerprint density at radius 1 is 1.37 bits per heavy atom. The molecule has 2 aromatic rings. The fourth-order valence-electron chi connectivity index (χ4n) is 3.31. The zero-order valence-electron chi connectivity index (χ0n) is 16.6. The Bertz CT molecular complexity index is 1040. The summed E-state index contributed by atoms with van der Waals surface area (Å²) in [5.74, 6) is 6.72. The van der Waals surface area contributed by atoms with E-state index in [0.29, 0.717) is 39.6 Å². The van der Waals surface area contributed by atoms with E-state index >= 15 is 0 Å². The van der Waals surface area contributed by atoms with Gasteiger partial charge in [-0.15, -0.1) is 10.2 Å². The van der Waals surface area contributed by atoms with Crippen molar-refractivity contribution < 1.29 is 13.2 Å². The van der Waals surface area contributed by atoms with Gasteiger partial charge in [-0.3, -0.25) is 4.79 Å². The van der Waals surface area contributed by atoms with Crippen molar-refractivity contribution in [1.82, 2.24) is 19.8 Å². The maximum Gasteiger partial charge on any atom is 0.233 e. The number of halogens is 2. The highest BCUT2D eigenvalue weighted by molar-refractivity contribution is 7.99. The number of hydrogen-bond acceptors (Lipinski definition) is 7. The number of carbonyl (C=O) groups is 1. The van der Waals surface area contributed by atoms with Gasteiger partial charge in [-0.25, -0.2) is 13.1 Å². The number of rotatable bonds is 7. The second-order valence-electron chi connectivity index (χ2n) is 7.59. The molecule has 1 fully saturated rings. The molecule has 8 nitrogen and oxygen atoms in total. The van der Waals surface area contributed by atoms with Gasteiger partial charge >= 0.3 is 0 Å². The zero-order valence-corrected chi connectivity index (χ0v) is 19.7. The van der Waals surface area contributed by atoms with Gasteiger partial charge < -0.3 is 10.7 Å². The first kappa shape index (κ1) is 23.2. The van der Waals surface area contributed by atoms with E-state index < -0.39 is 9.84 Å². The lowest BCUT2D eigenvalue weighted by Gasteiger charge is -2.29. The van der Waals surface area contributed by atoms with Crippen molar-refractivity contribution in [3.63, 3.8) is 0 Å². The molecule has 1 aromatic carbocycles. The highest BCUT2D eigenvalue weighted by Gasteiger charge is 2.35. The average Bonchev–Trinajstić information content (AvgIpc) is 3.21. The van der Waals surface area contributed by atoms with E-state index in [0.717, 1.165) is 11.8 Å². The minimum atomic E-state index is -3.09. The number of carbonyl (C=O) groups excluding carboxylic acids is 1. The number of hydrogen-bond donors (Lipinski definition) is 1. The molecule has 1 aliphatic heterocycles. The Labute approximate surface area is 190 Å². The summed E-state index contributed by atoms with van der Waals surface area (Å²) in [6, 6.07) is 4.65. The molecule has 164 valence electrons. The van der Waals surface area contributed by atoms with E-state index in [1.165, 1.54) is 4.68 Å². The average molecular weight is 492 g/mol. The van der Waals surface area contributed by atoms with Crippen molar-refractivity contribution in [1.29, 1.82) is 0 Å². The minimum absolute atomic E-state index is 0.0145.